The molecule has 0 bridgehead atoms. The monoisotopic (exact) mass is 413 g/mol. The van der Waals surface area contributed by atoms with Crippen molar-refractivity contribution in [1.29, 1.82) is 0 Å². The lowest BCUT2D eigenvalue weighted by atomic mass is 10.3. The molecule has 0 amide bonds. The standard InChI is InChI=1S/C11H16N4O2.C10H15N3/c16-15(17)10-14-9-8-13(7-6-12-14)11-4-2-1-3-5-11;1-2-4-10(5-3-1)13-8-6-11-12-7-9-13/h1-5,12H,6-10H2;1-5,11-12H,6-9H2. The summed E-state index contributed by atoms with van der Waals surface area (Å²) in [5, 5.41) is 12.1. The SMILES string of the molecule is O=[N+]([O-])CN1CCN(c2ccccc2)CCN1.c1ccc(N2CCNNCC2)cc1. The normalized spacial score (nSPS) is 18.0. The highest BCUT2D eigenvalue weighted by molar-refractivity contribution is 5.46. The van der Waals surface area contributed by atoms with Crippen molar-refractivity contribution >= 4 is 11.4 Å². The van der Waals surface area contributed by atoms with Crippen LogP contribution in [0, 0.1) is 10.1 Å². The van der Waals surface area contributed by atoms with E-state index in [0.29, 0.717) is 6.54 Å². The number of hydrazine groups is 2. The fourth-order valence-electron chi connectivity index (χ4n) is 3.50. The van der Waals surface area contributed by atoms with Gasteiger partial charge in [-0.1, -0.05) is 36.4 Å². The minimum Gasteiger partial charge on any atom is -0.369 e. The summed E-state index contributed by atoms with van der Waals surface area (Å²) in [7, 11) is 0. The Morgan fingerprint density at radius 3 is 1.77 bits per heavy atom. The Bertz CT molecular complexity index is 740. The molecule has 2 aromatic carbocycles. The molecule has 9 heteroatoms. The second-order valence-electron chi connectivity index (χ2n) is 7.14. The quantitative estimate of drug-likeness (QED) is 0.508. The van der Waals surface area contributed by atoms with Crippen LogP contribution in [0.3, 0.4) is 0 Å². The van der Waals surface area contributed by atoms with E-state index in [9.17, 15) is 10.1 Å². The zero-order valence-electron chi connectivity index (χ0n) is 17.2. The van der Waals surface area contributed by atoms with E-state index in [2.05, 4.69) is 68.5 Å². The maximum atomic E-state index is 10.4. The van der Waals surface area contributed by atoms with Crippen LogP contribution in [0.25, 0.3) is 0 Å². The van der Waals surface area contributed by atoms with Gasteiger partial charge >= 0.3 is 0 Å². The van der Waals surface area contributed by atoms with E-state index in [1.54, 1.807) is 5.01 Å². The van der Waals surface area contributed by atoms with E-state index in [1.807, 2.05) is 18.2 Å². The molecule has 0 aromatic heterocycles. The Morgan fingerprint density at radius 2 is 1.23 bits per heavy atom. The van der Waals surface area contributed by atoms with Gasteiger partial charge in [0.05, 0.1) is 0 Å². The molecule has 0 unspecified atom stereocenters. The highest BCUT2D eigenvalue weighted by atomic mass is 16.6. The van der Waals surface area contributed by atoms with E-state index < -0.39 is 0 Å². The first kappa shape index (κ1) is 22.0. The number of benzene rings is 2. The Hall–Kier alpha value is -2.72. The van der Waals surface area contributed by atoms with E-state index in [0.717, 1.165) is 51.5 Å². The molecule has 2 aliphatic heterocycles. The van der Waals surface area contributed by atoms with Crippen LogP contribution in [0.2, 0.25) is 0 Å². The smallest absolute Gasteiger partial charge is 0.271 e. The van der Waals surface area contributed by atoms with Gasteiger partial charge in [0.25, 0.3) is 6.67 Å². The van der Waals surface area contributed by atoms with Gasteiger partial charge in [-0.05, 0) is 24.3 Å². The van der Waals surface area contributed by atoms with Crippen LogP contribution >= 0.6 is 0 Å². The number of hydrogen-bond donors (Lipinski definition) is 3. The molecule has 2 heterocycles. The van der Waals surface area contributed by atoms with E-state index in [1.165, 1.54) is 5.69 Å². The van der Waals surface area contributed by atoms with Gasteiger partial charge in [0.15, 0.2) is 0 Å². The van der Waals surface area contributed by atoms with Gasteiger partial charge < -0.3 is 9.80 Å². The summed E-state index contributed by atoms with van der Waals surface area (Å²) in [6, 6.07) is 20.6. The van der Waals surface area contributed by atoms with Gasteiger partial charge in [-0.15, -0.1) is 0 Å². The Balaban J connectivity index is 0.000000177. The average Bonchev–Trinajstić information content (AvgIpc) is 3.19. The van der Waals surface area contributed by atoms with Crippen LogP contribution in [0.1, 0.15) is 0 Å². The van der Waals surface area contributed by atoms with Crippen molar-refractivity contribution in [2.75, 3.05) is 68.8 Å². The van der Waals surface area contributed by atoms with E-state index >= 15 is 0 Å². The molecule has 4 rings (SSSR count). The van der Waals surface area contributed by atoms with E-state index in [-0.39, 0.29) is 11.6 Å². The lowest BCUT2D eigenvalue weighted by Gasteiger charge is -2.21. The van der Waals surface area contributed by atoms with Crippen molar-refractivity contribution in [3.8, 4) is 0 Å². The van der Waals surface area contributed by atoms with Gasteiger partial charge in [0.1, 0.15) is 0 Å². The van der Waals surface area contributed by atoms with Gasteiger partial charge in [-0.3, -0.25) is 21.0 Å². The second kappa shape index (κ2) is 12.1. The summed E-state index contributed by atoms with van der Waals surface area (Å²) >= 11 is 0. The summed E-state index contributed by atoms with van der Waals surface area (Å²) in [6.45, 7) is 7.00. The first-order valence-corrected chi connectivity index (χ1v) is 10.4. The lowest BCUT2D eigenvalue weighted by molar-refractivity contribution is -0.507. The zero-order chi connectivity index (χ0) is 21.0. The number of anilines is 2. The van der Waals surface area contributed by atoms with Gasteiger partial charge in [-0.2, -0.15) is 5.01 Å². The predicted octanol–water partition coefficient (Wildman–Crippen LogP) is 1.15. The van der Waals surface area contributed by atoms with Gasteiger partial charge in [0.2, 0.25) is 0 Å². The van der Waals surface area contributed by atoms with Crippen molar-refractivity contribution in [2.24, 2.45) is 0 Å². The molecule has 0 saturated carbocycles. The highest BCUT2D eigenvalue weighted by Crippen LogP contribution is 2.13. The molecule has 0 radical (unpaired) electrons. The van der Waals surface area contributed by atoms with Crippen molar-refractivity contribution in [3.05, 3.63) is 70.8 Å². The van der Waals surface area contributed by atoms with Crippen molar-refractivity contribution in [3.63, 3.8) is 0 Å². The molecular formula is C21H31N7O2. The third kappa shape index (κ3) is 7.27. The maximum Gasteiger partial charge on any atom is 0.271 e. The van der Waals surface area contributed by atoms with Crippen LogP contribution in [-0.2, 0) is 0 Å². The largest absolute Gasteiger partial charge is 0.369 e. The first-order valence-electron chi connectivity index (χ1n) is 10.4. The first-order chi connectivity index (χ1) is 14.7. The minimum atomic E-state index is -0.314. The molecule has 2 aliphatic rings. The molecule has 30 heavy (non-hydrogen) atoms. The molecule has 0 atom stereocenters. The fourth-order valence-corrected chi connectivity index (χ4v) is 3.50. The third-order valence-corrected chi connectivity index (χ3v) is 5.02. The van der Waals surface area contributed by atoms with Crippen molar-refractivity contribution < 1.29 is 4.92 Å². The van der Waals surface area contributed by atoms with Crippen molar-refractivity contribution in [2.45, 2.75) is 0 Å². The Labute approximate surface area is 177 Å². The summed E-state index contributed by atoms with van der Waals surface area (Å²) in [4.78, 5) is 14.7. The van der Waals surface area contributed by atoms with Gasteiger partial charge in [-0.25, -0.2) is 5.43 Å². The zero-order valence-corrected chi connectivity index (χ0v) is 17.2. The molecule has 2 fully saturated rings. The highest BCUT2D eigenvalue weighted by Gasteiger charge is 2.17. The molecule has 0 aliphatic carbocycles. The lowest BCUT2D eigenvalue weighted by Crippen LogP contribution is -2.42. The van der Waals surface area contributed by atoms with Crippen LogP contribution in [-0.4, -0.2) is 69.0 Å². The molecule has 2 aromatic rings. The van der Waals surface area contributed by atoms with Crippen LogP contribution in [0.15, 0.2) is 60.7 Å². The van der Waals surface area contributed by atoms with Gasteiger partial charge in [0, 0.05) is 68.7 Å². The van der Waals surface area contributed by atoms with E-state index in [4.69, 9.17) is 0 Å². The molecule has 162 valence electrons. The number of hydrogen-bond acceptors (Lipinski definition) is 8. The third-order valence-electron chi connectivity index (χ3n) is 5.02. The molecule has 0 spiro atoms. The van der Waals surface area contributed by atoms with Crippen LogP contribution in [0.4, 0.5) is 11.4 Å². The van der Waals surface area contributed by atoms with Crippen LogP contribution in [0.5, 0.6) is 0 Å². The predicted molar refractivity (Wildman–Crippen MR) is 120 cm³/mol. The van der Waals surface area contributed by atoms with Crippen LogP contribution < -0.4 is 26.1 Å². The topological polar surface area (TPSA) is 89.0 Å². The number of nitrogens with one attached hydrogen (secondary N) is 3. The number of nitro groups is 1. The number of nitrogens with zero attached hydrogens (tertiary/aromatic N) is 4. The number of rotatable bonds is 4. The Kier molecular flexibility index (Phi) is 8.85. The summed E-state index contributed by atoms with van der Waals surface area (Å²) in [5.74, 6) is 0. The minimum absolute atomic E-state index is 0.150. The molecule has 9 nitrogen and oxygen atoms in total. The van der Waals surface area contributed by atoms with Crippen molar-refractivity contribution in [1.82, 2.24) is 21.3 Å². The molecular weight excluding hydrogens is 382 g/mol. The average molecular weight is 414 g/mol. The second-order valence-corrected chi connectivity index (χ2v) is 7.14. The number of para-hydroxylation sites is 2. The summed E-state index contributed by atoms with van der Waals surface area (Å²) in [6.07, 6.45) is 0. The molecule has 2 saturated heterocycles. The maximum absolute atomic E-state index is 10.4. The fraction of sp³-hybridized carbons (Fsp3) is 0.429. The molecule has 3 N–H and O–H groups in total. The summed E-state index contributed by atoms with van der Waals surface area (Å²) in [5.41, 5.74) is 11.9. The summed E-state index contributed by atoms with van der Waals surface area (Å²) < 4.78 is 0. The Morgan fingerprint density at radius 1 is 0.733 bits per heavy atom.